The van der Waals surface area contributed by atoms with Gasteiger partial charge in [-0.3, -0.25) is 0 Å². The molecule has 1 saturated heterocycles. The van der Waals surface area contributed by atoms with Gasteiger partial charge >= 0.3 is 12.2 Å². The summed E-state index contributed by atoms with van der Waals surface area (Å²) in [5.74, 6) is 2.39. The number of aryl methyl sites for hydroxylation is 1. The highest BCUT2D eigenvalue weighted by atomic mass is 35.5. The fourth-order valence-corrected chi connectivity index (χ4v) is 5.66. The predicted molar refractivity (Wildman–Crippen MR) is 129 cm³/mol. The number of ether oxygens (including phenoxy) is 1. The van der Waals surface area contributed by atoms with Crippen LogP contribution in [0.1, 0.15) is 53.3 Å². The Morgan fingerprint density at radius 2 is 1.97 bits per heavy atom. The number of halogens is 4. The molecule has 1 aliphatic carbocycles. The summed E-state index contributed by atoms with van der Waals surface area (Å²) < 4.78 is 47.0. The van der Waals surface area contributed by atoms with E-state index in [1.807, 2.05) is 35.8 Å². The smallest absolute Gasteiger partial charge is 0.416 e. The van der Waals surface area contributed by atoms with Gasteiger partial charge in [0.05, 0.1) is 30.8 Å². The molecule has 1 saturated carbocycles. The number of carbonyl (C=O) groups is 1. The molecule has 2 fully saturated rings. The van der Waals surface area contributed by atoms with Crippen molar-refractivity contribution in [2.45, 2.75) is 44.6 Å². The van der Waals surface area contributed by atoms with Crippen LogP contribution in [0.3, 0.4) is 0 Å². The largest absolute Gasteiger partial charge is 0.493 e. The number of alkyl halides is 3. The molecule has 194 valence electrons. The number of nitrogens with zero attached hydrogens (tertiary/aromatic N) is 4. The van der Waals surface area contributed by atoms with Gasteiger partial charge < -0.3 is 19.5 Å². The van der Waals surface area contributed by atoms with Gasteiger partial charge in [-0.2, -0.15) is 13.2 Å². The summed E-state index contributed by atoms with van der Waals surface area (Å²) in [7, 11) is 0. The normalized spacial score (nSPS) is 24.3. The molecule has 0 bridgehead atoms. The maximum Gasteiger partial charge on any atom is 0.416 e. The molecule has 3 heterocycles. The first-order valence-electron chi connectivity index (χ1n) is 12.2. The average molecular weight is 532 g/mol. The van der Waals surface area contributed by atoms with E-state index in [-0.39, 0.29) is 24.4 Å². The van der Waals surface area contributed by atoms with Gasteiger partial charge in [0.25, 0.3) is 0 Å². The highest BCUT2D eigenvalue weighted by Crippen LogP contribution is 2.56. The number of carbonyl (C=O) groups excluding carboxylic acids is 1. The van der Waals surface area contributed by atoms with Gasteiger partial charge in [0.15, 0.2) is 5.82 Å². The number of rotatable bonds is 4. The van der Waals surface area contributed by atoms with Crippen LogP contribution >= 0.6 is 11.6 Å². The van der Waals surface area contributed by atoms with Crippen LogP contribution in [-0.4, -0.2) is 38.8 Å². The van der Waals surface area contributed by atoms with Gasteiger partial charge in [-0.25, -0.2) is 4.79 Å². The van der Waals surface area contributed by atoms with Gasteiger partial charge in [0, 0.05) is 23.6 Å². The summed E-state index contributed by atoms with van der Waals surface area (Å²) >= 11 is 6.04. The van der Waals surface area contributed by atoms with Crippen LogP contribution in [0.4, 0.5) is 18.0 Å². The van der Waals surface area contributed by atoms with Crippen LogP contribution in [0.5, 0.6) is 5.75 Å². The number of likely N-dealkylation sites (tertiary alicyclic amines) is 1. The summed E-state index contributed by atoms with van der Waals surface area (Å²) in [6.07, 6.45) is -2.96. The van der Waals surface area contributed by atoms with Gasteiger partial charge in [0.2, 0.25) is 0 Å². The number of piperidine rings is 1. The fourth-order valence-electron chi connectivity index (χ4n) is 5.54. The summed E-state index contributed by atoms with van der Waals surface area (Å²) in [4.78, 5) is 15.3. The van der Waals surface area contributed by atoms with Crippen molar-refractivity contribution in [1.82, 2.24) is 25.0 Å². The third-order valence-corrected chi connectivity index (χ3v) is 7.82. The molecule has 0 radical (unpaired) electrons. The summed E-state index contributed by atoms with van der Waals surface area (Å²) in [5.41, 5.74) is 0.829. The Labute approximate surface area is 216 Å². The molecule has 3 aromatic rings. The second-order valence-electron chi connectivity index (χ2n) is 9.96. The minimum atomic E-state index is -4.46. The molecule has 37 heavy (non-hydrogen) atoms. The zero-order chi connectivity index (χ0) is 25.9. The quantitative estimate of drug-likeness (QED) is 0.480. The van der Waals surface area contributed by atoms with E-state index in [2.05, 4.69) is 15.5 Å². The van der Waals surface area contributed by atoms with E-state index in [0.717, 1.165) is 35.8 Å². The van der Waals surface area contributed by atoms with Crippen LogP contribution < -0.4 is 10.1 Å². The van der Waals surface area contributed by atoms with Crippen molar-refractivity contribution in [2.24, 2.45) is 11.8 Å². The Morgan fingerprint density at radius 1 is 1.19 bits per heavy atom. The van der Waals surface area contributed by atoms with Gasteiger partial charge in [-0.1, -0.05) is 29.8 Å². The molecular weight excluding hydrogens is 507 g/mol. The van der Waals surface area contributed by atoms with Crippen molar-refractivity contribution in [1.29, 1.82) is 0 Å². The lowest BCUT2D eigenvalue weighted by Gasteiger charge is -2.32. The molecule has 2 aliphatic heterocycles. The second-order valence-corrected chi connectivity index (χ2v) is 10.4. The minimum Gasteiger partial charge on any atom is -0.493 e. The Morgan fingerprint density at radius 3 is 2.73 bits per heavy atom. The van der Waals surface area contributed by atoms with Crippen molar-refractivity contribution in [3.05, 3.63) is 75.8 Å². The highest BCUT2D eigenvalue weighted by Gasteiger charge is 2.56. The van der Waals surface area contributed by atoms with Crippen molar-refractivity contribution in [3.8, 4) is 5.75 Å². The van der Waals surface area contributed by atoms with E-state index in [9.17, 15) is 18.0 Å². The SMILES string of the molecule is Cc1nnc(C2C3CC3CN2C(=O)NC2CCOc3cc(C(F)(F)F)ccc32)n1Cc1ccc(Cl)cc1. The van der Waals surface area contributed by atoms with Crippen LogP contribution in [0.2, 0.25) is 5.02 Å². The number of aromatic nitrogens is 3. The first kappa shape index (κ1) is 24.1. The molecule has 4 unspecified atom stereocenters. The van der Waals surface area contributed by atoms with E-state index in [4.69, 9.17) is 16.3 Å². The lowest BCUT2D eigenvalue weighted by Crippen LogP contribution is -2.44. The molecule has 7 nitrogen and oxygen atoms in total. The second kappa shape index (κ2) is 8.93. The molecule has 2 amide bonds. The lowest BCUT2D eigenvalue weighted by atomic mass is 9.98. The molecular formula is C26H25ClF3N5O2. The zero-order valence-electron chi connectivity index (χ0n) is 20.0. The van der Waals surface area contributed by atoms with Crippen LogP contribution in [0.15, 0.2) is 42.5 Å². The number of hydrogen-bond donors (Lipinski definition) is 1. The lowest BCUT2D eigenvalue weighted by molar-refractivity contribution is -0.137. The maximum atomic E-state index is 13.5. The van der Waals surface area contributed by atoms with Crippen LogP contribution in [-0.2, 0) is 12.7 Å². The fraction of sp³-hybridized carbons (Fsp3) is 0.423. The Kier molecular flexibility index (Phi) is 5.82. The zero-order valence-corrected chi connectivity index (χ0v) is 20.8. The van der Waals surface area contributed by atoms with Crippen molar-refractivity contribution < 1.29 is 22.7 Å². The Bertz CT molecular complexity index is 1340. The topological polar surface area (TPSA) is 72.3 Å². The van der Waals surface area contributed by atoms with Crippen LogP contribution in [0.25, 0.3) is 0 Å². The minimum absolute atomic E-state index is 0.158. The number of benzene rings is 2. The van der Waals surface area contributed by atoms with E-state index in [0.29, 0.717) is 41.9 Å². The highest BCUT2D eigenvalue weighted by molar-refractivity contribution is 6.30. The van der Waals surface area contributed by atoms with Crippen LogP contribution in [0, 0.1) is 18.8 Å². The number of nitrogens with one attached hydrogen (secondary N) is 1. The molecule has 11 heteroatoms. The molecule has 2 aromatic carbocycles. The average Bonchev–Trinajstić information content (AvgIpc) is 3.40. The number of amides is 2. The summed E-state index contributed by atoms with van der Waals surface area (Å²) in [6, 6.07) is 10.1. The summed E-state index contributed by atoms with van der Waals surface area (Å²) in [5, 5.41) is 12.5. The number of urea groups is 1. The molecule has 1 aromatic heterocycles. The maximum absolute atomic E-state index is 13.5. The first-order chi connectivity index (χ1) is 17.7. The predicted octanol–water partition coefficient (Wildman–Crippen LogP) is 5.53. The number of fused-ring (bicyclic) bond motifs is 2. The van der Waals surface area contributed by atoms with E-state index in [1.54, 1.807) is 4.90 Å². The molecule has 0 spiro atoms. The molecule has 1 N–H and O–H groups in total. The Balaban J connectivity index is 1.23. The van der Waals surface area contributed by atoms with E-state index < -0.39 is 17.8 Å². The Hall–Kier alpha value is -3.27. The van der Waals surface area contributed by atoms with E-state index >= 15 is 0 Å². The van der Waals surface area contributed by atoms with Crippen molar-refractivity contribution in [3.63, 3.8) is 0 Å². The third kappa shape index (κ3) is 4.52. The van der Waals surface area contributed by atoms with E-state index in [1.165, 1.54) is 6.07 Å². The van der Waals surface area contributed by atoms with Gasteiger partial charge in [-0.05, 0) is 55.0 Å². The monoisotopic (exact) mass is 531 g/mol. The number of hydrogen-bond acceptors (Lipinski definition) is 4. The standard InChI is InChI=1S/C26H25ClF3N5O2/c1-14-32-33-24(34(14)12-15-2-5-18(27)6-3-15)23-20-10-16(20)13-35(23)25(36)31-21-8-9-37-22-11-17(26(28,29)30)4-7-19(21)22/h2-7,11,16,20-21,23H,8-10,12-13H2,1H3,(H,31,36). The van der Waals surface area contributed by atoms with Crippen molar-refractivity contribution >= 4 is 17.6 Å². The van der Waals surface area contributed by atoms with Crippen molar-refractivity contribution in [2.75, 3.05) is 13.2 Å². The van der Waals surface area contributed by atoms with Gasteiger partial charge in [0.1, 0.15) is 11.6 Å². The first-order valence-corrected chi connectivity index (χ1v) is 12.6. The third-order valence-electron chi connectivity index (χ3n) is 7.57. The molecule has 4 atom stereocenters. The van der Waals surface area contributed by atoms with Gasteiger partial charge in [-0.15, -0.1) is 10.2 Å². The summed E-state index contributed by atoms with van der Waals surface area (Å²) in [6.45, 7) is 3.29. The molecule has 3 aliphatic rings. The molecule has 6 rings (SSSR count).